The quantitative estimate of drug-likeness (QED) is 0.829. The van der Waals surface area contributed by atoms with E-state index in [0.717, 1.165) is 38.1 Å². The Morgan fingerprint density at radius 2 is 1.86 bits per heavy atom. The molecule has 1 aromatic heterocycles. The third-order valence-corrected chi connectivity index (χ3v) is 5.07. The number of rotatable bonds is 7. The van der Waals surface area contributed by atoms with Crippen molar-refractivity contribution in [3.63, 3.8) is 0 Å². The molecule has 1 atom stereocenters. The van der Waals surface area contributed by atoms with Crippen LogP contribution in [0.2, 0.25) is 0 Å². The molecule has 0 spiro atoms. The summed E-state index contributed by atoms with van der Waals surface area (Å²) in [7, 11) is 0. The topological polar surface area (TPSA) is 43.8 Å². The molecule has 0 aromatic carbocycles. The Hall–Kier alpha value is -0.830. The van der Waals surface area contributed by atoms with E-state index in [4.69, 9.17) is 10.8 Å². The molecule has 1 heterocycles. The molecule has 2 N–H and O–H groups in total. The number of hydrogen-bond acceptors (Lipinski definition) is 2. The van der Waals surface area contributed by atoms with Gasteiger partial charge in [-0.1, -0.05) is 40.0 Å². The molecule has 120 valence electrons. The van der Waals surface area contributed by atoms with E-state index >= 15 is 0 Å². The molecule has 1 unspecified atom stereocenters. The fraction of sp³-hybridized carbons (Fsp3) is 0.833. The number of aryl methyl sites for hydroxylation is 1. The summed E-state index contributed by atoms with van der Waals surface area (Å²) in [6.45, 7) is 7.77. The molecule has 21 heavy (non-hydrogen) atoms. The lowest BCUT2D eigenvalue weighted by molar-refractivity contribution is 0.304. The summed E-state index contributed by atoms with van der Waals surface area (Å²) in [6.07, 6.45) is 11.1. The highest BCUT2D eigenvalue weighted by Crippen LogP contribution is 2.27. The highest BCUT2D eigenvalue weighted by molar-refractivity contribution is 5.28. The monoisotopic (exact) mass is 291 g/mol. The Labute approximate surface area is 130 Å². The average molecular weight is 291 g/mol. The van der Waals surface area contributed by atoms with Gasteiger partial charge in [-0.25, -0.2) is 0 Å². The van der Waals surface area contributed by atoms with Gasteiger partial charge in [-0.15, -0.1) is 0 Å². The molecule has 0 radical (unpaired) electrons. The summed E-state index contributed by atoms with van der Waals surface area (Å²) in [5.41, 5.74) is 10.4. The lowest BCUT2D eigenvalue weighted by Gasteiger charge is -2.22. The SMILES string of the molecule is CCc1nn(CC2CCCCC2)c(CC)c1CC(N)CC. The standard InChI is InChI=1S/C18H33N3/c1-4-15(19)12-16-17(5-2)20-21(18(16)6-3)13-14-10-8-7-9-11-14/h14-15H,4-13,19H2,1-3H3. The highest BCUT2D eigenvalue weighted by atomic mass is 15.3. The van der Waals surface area contributed by atoms with Gasteiger partial charge in [0, 0.05) is 18.3 Å². The van der Waals surface area contributed by atoms with Gasteiger partial charge in [-0.2, -0.15) is 5.10 Å². The molecule has 3 nitrogen and oxygen atoms in total. The van der Waals surface area contributed by atoms with Gasteiger partial charge in [0.1, 0.15) is 0 Å². The van der Waals surface area contributed by atoms with Crippen LogP contribution in [0, 0.1) is 5.92 Å². The molecule has 2 rings (SSSR count). The molecule has 1 aromatic rings. The zero-order chi connectivity index (χ0) is 15.2. The predicted octanol–water partition coefficient (Wildman–Crippen LogP) is 3.87. The fourth-order valence-corrected chi connectivity index (χ4v) is 3.68. The summed E-state index contributed by atoms with van der Waals surface area (Å²) >= 11 is 0. The first kappa shape index (κ1) is 16.5. The van der Waals surface area contributed by atoms with Crippen molar-refractivity contribution < 1.29 is 0 Å². The van der Waals surface area contributed by atoms with Gasteiger partial charge in [0.25, 0.3) is 0 Å². The van der Waals surface area contributed by atoms with Gasteiger partial charge >= 0.3 is 0 Å². The maximum absolute atomic E-state index is 6.21. The normalized spacial score (nSPS) is 18.1. The van der Waals surface area contributed by atoms with E-state index in [2.05, 4.69) is 25.5 Å². The van der Waals surface area contributed by atoms with Crippen LogP contribution in [0.25, 0.3) is 0 Å². The van der Waals surface area contributed by atoms with Crippen molar-refractivity contribution in [3.05, 3.63) is 17.0 Å². The molecule has 0 aliphatic heterocycles. The molecular formula is C18H33N3. The van der Waals surface area contributed by atoms with Gasteiger partial charge in [-0.3, -0.25) is 4.68 Å². The Morgan fingerprint density at radius 1 is 1.14 bits per heavy atom. The maximum Gasteiger partial charge on any atom is 0.0657 e. The van der Waals surface area contributed by atoms with Crippen molar-refractivity contribution in [2.24, 2.45) is 11.7 Å². The van der Waals surface area contributed by atoms with Crippen LogP contribution < -0.4 is 5.73 Å². The molecule has 3 heteroatoms. The van der Waals surface area contributed by atoms with Crippen LogP contribution in [-0.2, 0) is 25.8 Å². The van der Waals surface area contributed by atoms with Crippen molar-refractivity contribution in [1.82, 2.24) is 9.78 Å². The lowest BCUT2D eigenvalue weighted by atomic mass is 9.89. The van der Waals surface area contributed by atoms with Crippen LogP contribution in [0.5, 0.6) is 0 Å². The zero-order valence-electron chi connectivity index (χ0n) is 14.2. The molecule has 0 bridgehead atoms. The van der Waals surface area contributed by atoms with Crippen LogP contribution in [0.4, 0.5) is 0 Å². The van der Waals surface area contributed by atoms with E-state index in [1.54, 1.807) is 0 Å². The summed E-state index contributed by atoms with van der Waals surface area (Å²) in [5, 5.41) is 4.94. The van der Waals surface area contributed by atoms with Gasteiger partial charge < -0.3 is 5.73 Å². The number of nitrogens with two attached hydrogens (primary N) is 1. The first-order valence-corrected chi connectivity index (χ1v) is 9.02. The fourth-order valence-electron chi connectivity index (χ4n) is 3.68. The molecular weight excluding hydrogens is 258 g/mol. The number of nitrogens with zero attached hydrogens (tertiary/aromatic N) is 2. The average Bonchev–Trinajstić information content (AvgIpc) is 2.84. The first-order valence-electron chi connectivity index (χ1n) is 9.02. The molecule has 1 aliphatic carbocycles. The minimum absolute atomic E-state index is 0.271. The minimum Gasteiger partial charge on any atom is -0.327 e. The van der Waals surface area contributed by atoms with Crippen molar-refractivity contribution in [3.8, 4) is 0 Å². The van der Waals surface area contributed by atoms with Crippen LogP contribution in [0.3, 0.4) is 0 Å². The van der Waals surface area contributed by atoms with E-state index in [0.29, 0.717) is 0 Å². The van der Waals surface area contributed by atoms with Crippen LogP contribution in [0.1, 0.15) is 76.2 Å². The Balaban J connectivity index is 2.19. The highest BCUT2D eigenvalue weighted by Gasteiger charge is 2.20. The summed E-state index contributed by atoms with van der Waals surface area (Å²) in [4.78, 5) is 0. The van der Waals surface area contributed by atoms with E-state index in [1.165, 1.54) is 49.1 Å². The maximum atomic E-state index is 6.21. The lowest BCUT2D eigenvalue weighted by Crippen LogP contribution is -2.23. The van der Waals surface area contributed by atoms with E-state index in [-0.39, 0.29) is 6.04 Å². The van der Waals surface area contributed by atoms with Gasteiger partial charge in [-0.05, 0) is 50.0 Å². The van der Waals surface area contributed by atoms with Crippen molar-refractivity contribution in [2.45, 2.75) is 91.1 Å². The smallest absolute Gasteiger partial charge is 0.0657 e. The molecule has 0 amide bonds. The largest absolute Gasteiger partial charge is 0.327 e. The molecule has 1 fully saturated rings. The second kappa shape index (κ2) is 7.98. The van der Waals surface area contributed by atoms with Crippen LogP contribution >= 0.6 is 0 Å². The first-order chi connectivity index (χ1) is 10.2. The van der Waals surface area contributed by atoms with Gasteiger partial charge in [0.2, 0.25) is 0 Å². The third-order valence-electron chi connectivity index (χ3n) is 5.07. The minimum atomic E-state index is 0.271. The second-order valence-corrected chi connectivity index (χ2v) is 6.64. The summed E-state index contributed by atoms with van der Waals surface area (Å²) in [5.74, 6) is 0.835. The second-order valence-electron chi connectivity index (χ2n) is 6.64. The Kier molecular flexibility index (Phi) is 6.28. The third kappa shape index (κ3) is 4.09. The zero-order valence-corrected chi connectivity index (χ0v) is 14.2. The molecule has 1 aliphatic rings. The van der Waals surface area contributed by atoms with Gasteiger partial charge in [0.05, 0.1) is 5.69 Å². The van der Waals surface area contributed by atoms with Crippen LogP contribution in [-0.4, -0.2) is 15.8 Å². The van der Waals surface area contributed by atoms with Crippen molar-refractivity contribution in [1.29, 1.82) is 0 Å². The summed E-state index contributed by atoms with van der Waals surface area (Å²) in [6, 6.07) is 0.271. The van der Waals surface area contributed by atoms with Crippen molar-refractivity contribution in [2.75, 3.05) is 0 Å². The Morgan fingerprint density at radius 3 is 2.43 bits per heavy atom. The number of hydrogen-bond donors (Lipinski definition) is 1. The van der Waals surface area contributed by atoms with Crippen LogP contribution in [0.15, 0.2) is 0 Å². The Bertz CT molecular complexity index is 430. The van der Waals surface area contributed by atoms with Gasteiger partial charge in [0.15, 0.2) is 0 Å². The number of aromatic nitrogens is 2. The van der Waals surface area contributed by atoms with E-state index in [9.17, 15) is 0 Å². The van der Waals surface area contributed by atoms with E-state index in [1.807, 2.05) is 0 Å². The molecule has 0 saturated heterocycles. The molecule has 1 saturated carbocycles. The van der Waals surface area contributed by atoms with Crippen molar-refractivity contribution >= 4 is 0 Å². The van der Waals surface area contributed by atoms with E-state index < -0.39 is 0 Å². The summed E-state index contributed by atoms with van der Waals surface area (Å²) < 4.78 is 2.33. The predicted molar refractivity (Wildman–Crippen MR) is 89.5 cm³/mol.